The summed E-state index contributed by atoms with van der Waals surface area (Å²) in [5, 5.41) is 9.75. The van der Waals surface area contributed by atoms with Crippen LogP contribution in [0.4, 0.5) is 0 Å². The van der Waals surface area contributed by atoms with Crippen LogP contribution in [-0.4, -0.2) is 35.7 Å². The number of carboxylic acids is 1. The molecule has 1 N–H and O–H groups in total. The summed E-state index contributed by atoms with van der Waals surface area (Å²) < 4.78 is 5.67. The van der Waals surface area contributed by atoms with Gasteiger partial charge >= 0.3 is 5.97 Å². The number of rotatable bonds is 3. The second-order valence-electron chi connectivity index (χ2n) is 5.21. The Labute approximate surface area is 116 Å². The first-order chi connectivity index (χ1) is 9.13. The van der Waals surface area contributed by atoms with Gasteiger partial charge in [-0.15, -0.1) is 0 Å². The standard InChI is InChI=1S/C14H16ClNO3/c15-12-5-9-2-4-19-13(9)11(6-12)8-16-3-1-10(7-16)14(17)18/h5-6,10H,1-4,7-8H2,(H,17,18). The van der Waals surface area contributed by atoms with Gasteiger partial charge in [-0.3, -0.25) is 9.69 Å². The maximum Gasteiger partial charge on any atom is 0.307 e. The summed E-state index contributed by atoms with van der Waals surface area (Å²) >= 11 is 6.12. The molecule has 1 aromatic carbocycles. The van der Waals surface area contributed by atoms with Crippen molar-refractivity contribution < 1.29 is 14.6 Å². The summed E-state index contributed by atoms with van der Waals surface area (Å²) in [5.41, 5.74) is 2.24. The van der Waals surface area contributed by atoms with E-state index in [1.165, 1.54) is 0 Å². The van der Waals surface area contributed by atoms with Crippen LogP contribution in [0.15, 0.2) is 12.1 Å². The maximum atomic E-state index is 11.0. The number of likely N-dealkylation sites (tertiary alicyclic amines) is 1. The monoisotopic (exact) mass is 281 g/mol. The molecule has 3 rings (SSSR count). The lowest BCUT2D eigenvalue weighted by Crippen LogP contribution is -2.23. The summed E-state index contributed by atoms with van der Waals surface area (Å²) in [6.07, 6.45) is 1.62. The Morgan fingerprint density at radius 1 is 1.53 bits per heavy atom. The van der Waals surface area contributed by atoms with Gasteiger partial charge in [0.25, 0.3) is 0 Å². The lowest BCUT2D eigenvalue weighted by molar-refractivity contribution is -0.141. The van der Waals surface area contributed by atoms with Crippen molar-refractivity contribution in [3.63, 3.8) is 0 Å². The lowest BCUT2D eigenvalue weighted by atomic mass is 10.1. The van der Waals surface area contributed by atoms with Gasteiger partial charge < -0.3 is 9.84 Å². The molecule has 1 atom stereocenters. The molecule has 2 heterocycles. The summed E-state index contributed by atoms with van der Waals surface area (Å²) in [5.74, 6) is 0.00592. The van der Waals surface area contributed by atoms with E-state index in [4.69, 9.17) is 21.4 Å². The number of benzene rings is 1. The van der Waals surface area contributed by atoms with E-state index in [0.717, 1.165) is 41.3 Å². The van der Waals surface area contributed by atoms with Crippen molar-refractivity contribution in [2.24, 2.45) is 5.92 Å². The van der Waals surface area contributed by atoms with Crippen molar-refractivity contribution in [2.45, 2.75) is 19.4 Å². The highest BCUT2D eigenvalue weighted by molar-refractivity contribution is 6.30. The van der Waals surface area contributed by atoms with Crippen LogP contribution in [0.3, 0.4) is 0 Å². The van der Waals surface area contributed by atoms with Crippen LogP contribution in [0.1, 0.15) is 17.5 Å². The van der Waals surface area contributed by atoms with E-state index >= 15 is 0 Å². The van der Waals surface area contributed by atoms with Crippen molar-refractivity contribution in [2.75, 3.05) is 19.7 Å². The molecule has 0 aromatic heterocycles. The lowest BCUT2D eigenvalue weighted by Gasteiger charge is -2.17. The predicted molar refractivity (Wildman–Crippen MR) is 71.7 cm³/mol. The third kappa shape index (κ3) is 2.55. The predicted octanol–water partition coefficient (Wildman–Crippen LogP) is 2.18. The van der Waals surface area contributed by atoms with Crippen molar-refractivity contribution in [3.8, 4) is 5.75 Å². The molecule has 4 nitrogen and oxygen atoms in total. The van der Waals surface area contributed by atoms with Gasteiger partial charge in [0.05, 0.1) is 12.5 Å². The fourth-order valence-corrected chi connectivity index (χ4v) is 3.15. The zero-order valence-corrected chi connectivity index (χ0v) is 11.3. The number of hydrogen-bond acceptors (Lipinski definition) is 3. The van der Waals surface area contributed by atoms with Gasteiger partial charge in [-0.1, -0.05) is 11.6 Å². The summed E-state index contributed by atoms with van der Waals surface area (Å²) in [6.45, 7) is 2.85. The van der Waals surface area contributed by atoms with Gasteiger partial charge in [-0.2, -0.15) is 0 Å². The minimum Gasteiger partial charge on any atom is -0.493 e. The van der Waals surface area contributed by atoms with Crippen molar-refractivity contribution >= 4 is 17.6 Å². The third-order valence-electron chi connectivity index (χ3n) is 3.84. The molecule has 2 aliphatic rings. The molecule has 102 valence electrons. The largest absolute Gasteiger partial charge is 0.493 e. The molecule has 0 bridgehead atoms. The first-order valence-corrected chi connectivity index (χ1v) is 6.90. The Morgan fingerprint density at radius 3 is 3.11 bits per heavy atom. The van der Waals surface area contributed by atoms with Gasteiger partial charge in [0, 0.05) is 30.1 Å². The van der Waals surface area contributed by atoms with Crippen LogP contribution in [0.25, 0.3) is 0 Å². The summed E-state index contributed by atoms with van der Waals surface area (Å²) in [4.78, 5) is 13.1. The molecular formula is C14H16ClNO3. The first kappa shape index (κ1) is 12.8. The Balaban J connectivity index is 1.76. The summed E-state index contributed by atoms with van der Waals surface area (Å²) in [6, 6.07) is 3.89. The Bertz CT molecular complexity index is 518. The van der Waals surface area contributed by atoms with E-state index in [1.807, 2.05) is 12.1 Å². The van der Waals surface area contributed by atoms with Gasteiger partial charge in [-0.25, -0.2) is 0 Å². The van der Waals surface area contributed by atoms with Crippen LogP contribution >= 0.6 is 11.6 Å². The minimum absolute atomic E-state index is 0.242. The number of nitrogens with zero attached hydrogens (tertiary/aromatic N) is 1. The topological polar surface area (TPSA) is 49.8 Å². The molecule has 0 amide bonds. The minimum atomic E-state index is -0.699. The number of aliphatic carboxylic acids is 1. The molecule has 0 radical (unpaired) electrons. The molecule has 0 saturated carbocycles. The molecule has 1 saturated heterocycles. The van der Waals surface area contributed by atoms with Crippen LogP contribution in [0, 0.1) is 5.92 Å². The number of carboxylic acid groups (broad SMARTS) is 1. The number of fused-ring (bicyclic) bond motifs is 1. The second kappa shape index (κ2) is 5.02. The molecular weight excluding hydrogens is 266 g/mol. The van der Waals surface area contributed by atoms with Gasteiger partial charge in [-0.05, 0) is 30.7 Å². The van der Waals surface area contributed by atoms with Crippen molar-refractivity contribution in [1.82, 2.24) is 4.90 Å². The summed E-state index contributed by atoms with van der Waals surface area (Å²) in [7, 11) is 0. The van der Waals surface area contributed by atoms with E-state index in [0.29, 0.717) is 19.7 Å². The average Bonchev–Trinajstić information content (AvgIpc) is 2.96. The molecule has 5 heteroatoms. The van der Waals surface area contributed by atoms with E-state index in [-0.39, 0.29) is 5.92 Å². The molecule has 1 fully saturated rings. The van der Waals surface area contributed by atoms with Gasteiger partial charge in [0.1, 0.15) is 5.75 Å². The Morgan fingerprint density at radius 2 is 2.37 bits per heavy atom. The van der Waals surface area contributed by atoms with Gasteiger partial charge in [0.2, 0.25) is 0 Å². The fourth-order valence-electron chi connectivity index (χ4n) is 2.88. The average molecular weight is 282 g/mol. The molecule has 2 aliphatic heterocycles. The normalized spacial score (nSPS) is 22.3. The van der Waals surface area contributed by atoms with E-state index in [1.54, 1.807) is 0 Å². The van der Waals surface area contributed by atoms with Crippen LogP contribution in [0.2, 0.25) is 5.02 Å². The van der Waals surface area contributed by atoms with Crippen molar-refractivity contribution in [3.05, 3.63) is 28.3 Å². The zero-order valence-electron chi connectivity index (χ0n) is 10.6. The molecule has 19 heavy (non-hydrogen) atoms. The van der Waals surface area contributed by atoms with E-state index < -0.39 is 5.97 Å². The number of carbonyl (C=O) groups is 1. The smallest absolute Gasteiger partial charge is 0.307 e. The molecule has 1 aromatic rings. The Hall–Kier alpha value is -1.26. The number of ether oxygens (including phenoxy) is 1. The second-order valence-corrected chi connectivity index (χ2v) is 5.65. The highest BCUT2D eigenvalue weighted by Gasteiger charge is 2.29. The van der Waals surface area contributed by atoms with E-state index in [2.05, 4.69) is 4.90 Å². The highest BCUT2D eigenvalue weighted by atomic mass is 35.5. The first-order valence-electron chi connectivity index (χ1n) is 6.53. The maximum absolute atomic E-state index is 11.0. The number of hydrogen-bond donors (Lipinski definition) is 1. The van der Waals surface area contributed by atoms with E-state index in [9.17, 15) is 4.79 Å². The van der Waals surface area contributed by atoms with Crippen LogP contribution in [-0.2, 0) is 17.8 Å². The van der Waals surface area contributed by atoms with Crippen LogP contribution < -0.4 is 4.74 Å². The van der Waals surface area contributed by atoms with Crippen molar-refractivity contribution in [1.29, 1.82) is 0 Å². The quantitative estimate of drug-likeness (QED) is 0.923. The zero-order chi connectivity index (χ0) is 13.4. The van der Waals surface area contributed by atoms with Crippen LogP contribution in [0.5, 0.6) is 5.75 Å². The highest BCUT2D eigenvalue weighted by Crippen LogP contribution is 2.34. The molecule has 0 spiro atoms. The third-order valence-corrected chi connectivity index (χ3v) is 4.06. The number of halogens is 1. The fraction of sp³-hybridized carbons (Fsp3) is 0.500. The molecule has 1 unspecified atom stereocenters. The molecule has 0 aliphatic carbocycles. The SMILES string of the molecule is O=C(O)C1CCN(Cc2cc(Cl)cc3c2OCC3)C1. The van der Waals surface area contributed by atoms with Gasteiger partial charge in [0.15, 0.2) is 0 Å². The Kier molecular flexibility index (Phi) is 3.37.